The maximum Gasteiger partial charge on any atom is 0.336 e. The molecule has 7 heteroatoms. The molecule has 1 atom stereocenters. The van der Waals surface area contributed by atoms with Gasteiger partial charge in [0.25, 0.3) is 0 Å². The monoisotopic (exact) mass is 251 g/mol. The molecule has 0 aromatic heterocycles. The molecule has 0 rings (SSSR count). The van der Waals surface area contributed by atoms with Crippen LogP contribution in [0.4, 0.5) is 0 Å². The predicted octanol–water partition coefficient (Wildman–Crippen LogP) is -0.984. The van der Waals surface area contributed by atoms with E-state index in [0.29, 0.717) is 6.61 Å². The molecule has 0 aromatic carbocycles. The lowest BCUT2D eigenvalue weighted by Gasteiger charge is -2.09. The van der Waals surface area contributed by atoms with Crippen molar-refractivity contribution in [2.24, 2.45) is 0 Å². The van der Waals surface area contributed by atoms with Crippen molar-refractivity contribution in [3.05, 3.63) is 0 Å². The van der Waals surface area contributed by atoms with E-state index < -0.39 is 12.1 Å². The molecule has 0 aliphatic rings. The molecule has 16 heavy (non-hydrogen) atoms. The van der Waals surface area contributed by atoms with Gasteiger partial charge in [0.05, 0.1) is 26.0 Å². The van der Waals surface area contributed by atoms with Crippen molar-refractivity contribution in [1.29, 1.82) is 0 Å². The Bertz CT molecular complexity index is 224. The van der Waals surface area contributed by atoms with Crippen LogP contribution in [0.5, 0.6) is 0 Å². The largest absolute Gasteiger partial charge is 0.467 e. The fourth-order valence-electron chi connectivity index (χ4n) is 0.788. The lowest BCUT2D eigenvalue weighted by Crippen LogP contribution is -2.38. The Labute approximate surface area is 98.7 Å². The summed E-state index contributed by atoms with van der Waals surface area (Å²) in [5.41, 5.74) is 0. The van der Waals surface area contributed by atoms with Gasteiger partial charge in [0, 0.05) is 12.9 Å². The third-order valence-corrected chi connectivity index (χ3v) is 2.55. The van der Waals surface area contributed by atoms with Crippen LogP contribution in [-0.2, 0) is 19.1 Å². The van der Waals surface area contributed by atoms with Crippen LogP contribution < -0.4 is 5.32 Å². The second kappa shape index (κ2) is 9.44. The van der Waals surface area contributed by atoms with Crippen LogP contribution in [-0.4, -0.2) is 62.0 Å². The molecule has 6 nitrogen and oxygen atoms in total. The van der Waals surface area contributed by atoms with Gasteiger partial charge in [-0.2, -0.15) is 0 Å². The number of hydrogen-bond acceptors (Lipinski definition) is 6. The van der Waals surface area contributed by atoms with Crippen LogP contribution in [0.1, 0.15) is 0 Å². The quantitative estimate of drug-likeness (QED) is 0.426. The topological polar surface area (TPSA) is 84.9 Å². The molecule has 0 fully saturated rings. The lowest BCUT2D eigenvalue weighted by molar-refractivity contribution is -0.150. The summed E-state index contributed by atoms with van der Waals surface area (Å²) in [5, 5.41) is 11.6. The highest BCUT2D eigenvalue weighted by Crippen LogP contribution is 1.98. The summed E-state index contributed by atoms with van der Waals surface area (Å²) < 4.78 is 9.11. The van der Waals surface area contributed by atoms with E-state index >= 15 is 0 Å². The molecular weight excluding hydrogens is 234 g/mol. The van der Waals surface area contributed by atoms with Crippen molar-refractivity contribution in [3.63, 3.8) is 0 Å². The van der Waals surface area contributed by atoms with Crippen molar-refractivity contribution in [3.8, 4) is 0 Å². The SMILES string of the molecule is COCCSCC(=O)NCC(O)C(=O)OC. The number of esters is 1. The van der Waals surface area contributed by atoms with Crippen molar-refractivity contribution in [1.82, 2.24) is 5.32 Å². The van der Waals surface area contributed by atoms with E-state index in [2.05, 4.69) is 10.1 Å². The van der Waals surface area contributed by atoms with Crippen molar-refractivity contribution >= 4 is 23.6 Å². The Hall–Kier alpha value is -0.790. The summed E-state index contributed by atoms with van der Waals surface area (Å²) in [6.07, 6.45) is -1.31. The zero-order valence-electron chi connectivity index (χ0n) is 9.39. The second-order valence-corrected chi connectivity index (χ2v) is 3.99. The van der Waals surface area contributed by atoms with Crippen LogP contribution >= 0.6 is 11.8 Å². The van der Waals surface area contributed by atoms with Gasteiger partial charge in [0.15, 0.2) is 6.10 Å². The van der Waals surface area contributed by atoms with Crippen LogP contribution in [0.25, 0.3) is 0 Å². The Morgan fingerprint density at radius 2 is 2.12 bits per heavy atom. The number of aliphatic hydroxyl groups is 1. The Morgan fingerprint density at radius 1 is 1.44 bits per heavy atom. The minimum Gasteiger partial charge on any atom is -0.467 e. The van der Waals surface area contributed by atoms with Gasteiger partial charge in [-0.25, -0.2) is 4.79 Å². The van der Waals surface area contributed by atoms with Gasteiger partial charge in [-0.3, -0.25) is 4.79 Å². The van der Waals surface area contributed by atoms with Gasteiger partial charge in [0.2, 0.25) is 5.91 Å². The van der Waals surface area contributed by atoms with Crippen molar-refractivity contribution < 1.29 is 24.2 Å². The Kier molecular flexibility index (Phi) is 8.97. The number of methoxy groups -OCH3 is 2. The summed E-state index contributed by atoms with van der Waals surface area (Å²) in [6, 6.07) is 0. The number of ether oxygens (including phenoxy) is 2. The van der Waals surface area contributed by atoms with Gasteiger partial charge in [-0.1, -0.05) is 0 Å². The molecule has 0 aliphatic heterocycles. The maximum absolute atomic E-state index is 11.2. The first-order valence-corrected chi connectivity index (χ1v) is 5.86. The molecule has 0 radical (unpaired) electrons. The number of thioether (sulfide) groups is 1. The highest BCUT2D eigenvalue weighted by Gasteiger charge is 2.15. The Balaban J connectivity index is 3.53. The first-order chi connectivity index (χ1) is 7.61. The molecule has 0 bridgehead atoms. The number of aliphatic hydroxyl groups excluding tert-OH is 1. The van der Waals surface area contributed by atoms with Crippen LogP contribution in [0.2, 0.25) is 0 Å². The van der Waals surface area contributed by atoms with Gasteiger partial charge in [-0.15, -0.1) is 11.8 Å². The fraction of sp³-hybridized carbons (Fsp3) is 0.778. The number of carbonyl (C=O) groups excluding carboxylic acids is 2. The molecule has 0 saturated carbocycles. The van der Waals surface area contributed by atoms with E-state index in [1.54, 1.807) is 7.11 Å². The number of rotatable bonds is 8. The highest BCUT2D eigenvalue weighted by atomic mass is 32.2. The first-order valence-electron chi connectivity index (χ1n) is 4.71. The first kappa shape index (κ1) is 15.2. The van der Waals surface area contributed by atoms with E-state index in [1.165, 1.54) is 18.9 Å². The summed E-state index contributed by atoms with van der Waals surface area (Å²) in [6.45, 7) is 0.457. The highest BCUT2D eigenvalue weighted by molar-refractivity contribution is 7.99. The van der Waals surface area contributed by atoms with Crippen LogP contribution in [0.15, 0.2) is 0 Å². The fourth-order valence-corrected chi connectivity index (χ4v) is 1.50. The zero-order chi connectivity index (χ0) is 12.4. The Morgan fingerprint density at radius 3 is 2.69 bits per heavy atom. The van der Waals surface area contributed by atoms with Gasteiger partial charge in [-0.05, 0) is 0 Å². The maximum atomic E-state index is 11.2. The standard InChI is InChI=1S/C9H17NO5S/c1-14-3-4-16-6-8(12)10-5-7(11)9(13)15-2/h7,11H,3-6H2,1-2H3,(H,10,12). The summed E-state index contributed by atoms with van der Waals surface area (Å²) in [5.74, 6) is 0.0113. The molecule has 0 aromatic rings. The normalized spacial score (nSPS) is 11.9. The van der Waals surface area contributed by atoms with Gasteiger partial charge >= 0.3 is 5.97 Å². The molecule has 0 heterocycles. The molecule has 0 aliphatic carbocycles. The minimum absolute atomic E-state index is 0.129. The molecular formula is C9H17NO5S. The number of nitrogens with one attached hydrogen (secondary N) is 1. The average molecular weight is 251 g/mol. The third-order valence-electron chi connectivity index (χ3n) is 1.63. The van der Waals surface area contributed by atoms with E-state index in [0.717, 1.165) is 5.75 Å². The smallest absolute Gasteiger partial charge is 0.336 e. The van der Waals surface area contributed by atoms with Crippen LogP contribution in [0, 0.1) is 0 Å². The van der Waals surface area contributed by atoms with Gasteiger partial charge in [0.1, 0.15) is 0 Å². The number of carbonyl (C=O) groups is 2. The van der Waals surface area contributed by atoms with E-state index in [1.807, 2.05) is 0 Å². The molecule has 0 spiro atoms. The minimum atomic E-state index is -1.31. The average Bonchev–Trinajstić information content (AvgIpc) is 2.30. The van der Waals surface area contributed by atoms with E-state index in [9.17, 15) is 9.59 Å². The molecule has 1 amide bonds. The molecule has 0 saturated heterocycles. The lowest BCUT2D eigenvalue weighted by atomic mass is 10.3. The number of amides is 1. The van der Waals surface area contributed by atoms with Crippen molar-refractivity contribution in [2.75, 3.05) is 38.9 Å². The predicted molar refractivity (Wildman–Crippen MR) is 60.2 cm³/mol. The summed E-state index contributed by atoms with van der Waals surface area (Å²) in [7, 11) is 2.77. The van der Waals surface area contributed by atoms with Crippen molar-refractivity contribution in [2.45, 2.75) is 6.10 Å². The molecule has 94 valence electrons. The van der Waals surface area contributed by atoms with E-state index in [4.69, 9.17) is 9.84 Å². The summed E-state index contributed by atoms with van der Waals surface area (Å²) in [4.78, 5) is 22.0. The number of hydrogen-bond donors (Lipinski definition) is 2. The molecule has 1 unspecified atom stereocenters. The third kappa shape index (κ3) is 7.49. The second-order valence-electron chi connectivity index (χ2n) is 2.89. The molecule has 2 N–H and O–H groups in total. The van der Waals surface area contributed by atoms with E-state index in [-0.39, 0.29) is 18.2 Å². The van der Waals surface area contributed by atoms with Crippen LogP contribution in [0.3, 0.4) is 0 Å². The summed E-state index contributed by atoms with van der Waals surface area (Å²) >= 11 is 1.42. The zero-order valence-corrected chi connectivity index (χ0v) is 10.2. The van der Waals surface area contributed by atoms with Gasteiger partial charge < -0.3 is 19.9 Å².